The summed E-state index contributed by atoms with van der Waals surface area (Å²) in [5.41, 5.74) is 5.53. The molecular weight excluding hydrogens is 192 g/mol. The van der Waals surface area contributed by atoms with Crippen LogP contribution in [-0.2, 0) is 0 Å². The highest BCUT2D eigenvalue weighted by Gasteiger charge is 2.18. The first kappa shape index (κ1) is 9.41. The van der Waals surface area contributed by atoms with Gasteiger partial charge in [0.2, 0.25) is 0 Å². The first-order valence-electron chi connectivity index (χ1n) is 5.69. The average molecular weight is 206 g/mol. The Bertz CT molecular complexity index is 622. The Hall–Kier alpha value is -1.82. The number of hydrogen-bond donors (Lipinski definition) is 0. The molecule has 0 bridgehead atoms. The fraction of sp³-hybridized carbons (Fsp3) is 0.125. The lowest BCUT2D eigenvalue weighted by molar-refractivity contribution is 1.67. The maximum absolute atomic E-state index is 2.22. The van der Waals surface area contributed by atoms with Gasteiger partial charge in [-0.3, -0.25) is 0 Å². The molecular formula is C16H14. The molecule has 0 aromatic heterocycles. The predicted molar refractivity (Wildman–Crippen MR) is 71.3 cm³/mol. The molecule has 2 aromatic carbocycles. The molecule has 0 amide bonds. The van der Waals surface area contributed by atoms with Crippen molar-refractivity contribution in [3.8, 4) is 0 Å². The van der Waals surface area contributed by atoms with Crippen LogP contribution >= 0.6 is 0 Å². The molecule has 1 aliphatic carbocycles. The van der Waals surface area contributed by atoms with E-state index in [1.807, 2.05) is 0 Å². The normalized spacial score (nSPS) is 14.4. The summed E-state index contributed by atoms with van der Waals surface area (Å²) < 4.78 is 0. The van der Waals surface area contributed by atoms with Crippen LogP contribution in [0.1, 0.15) is 25.0 Å². The maximum Gasteiger partial charge on any atom is -0.00299 e. The molecule has 0 aliphatic heterocycles. The quantitative estimate of drug-likeness (QED) is 0.636. The van der Waals surface area contributed by atoms with E-state index in [0.717, 1.165) is 0 Å². The zero-order valence-corrected chi connectivity index (χ0v) is 9.62. The fourth-order valence-electron chi connectivity index (χ4n) is 2.61. The zero-order chi connectivity index (χ0) is 11.1. The number of rotatable bonds is 1. The molecule has 0 heterocycles. The van der Waals surface area contributed by atoms with Gasteiger partial charge in [0.15, 0.2) is 0 Å². The van der Waals surface area contributed by atoms with Gasteiger partial charge in [-0.1, -0.05) is 48.6 Å². The number of allylic oxidation sites excluding steroid dienone is 4. The Balaban J connectivity index is 2.45. The lowest BCUT2D eigenvalue weighted by Crippen LogP contribution is -1.79. The van der Waals surface area contributed by atoms with Gasteiger partial charge in [0.1, 0.15) is 0 Å². The molecule has 0 fully saturated rings. The van der Waals surface area contributed by atoms with Crippen molar-refractivity contribution in [3.63, 3.8) is 0 Å². The van der Waals surface area contributed by atoms with Crippen LogP contribution in [0.5, 0.6) is 0 Å². The first-order chi connectivity index (χ1) is 7.83. The summed E-state index contributed by atoms with van der Waals surface area (Å²) in [6.45, 7) is 4.29. The smallest absolute Gasteiger partial charge is 0.00299 e. The minimum absolute atomic E-state index is 1.34. The van der Waals surface area contributed by atoms with Gasteiger partial charge in [-0.05, 0) is 46.9 Å². The van der Waals surface area contributed by atoms with Gasteiger partial charge in [-0.2, -0.15) is 0 Å². The van der Waals surface area contributed by atoms with Crippen LogP contribution in [-0.4, -0.2) is 0 Å². The van der Waals surface area contributed by atoms with E-state index < -0.39 is 0 Å². The number of benzene rings is 2. The highest BCUT2D eigenvalue weighted by Crippen LogP contribution is 2.42. The van der Waals surface area contributed by atoms with Crippen LogP contribution < -0.4 is 0 Å². The van der Waals surface area contributed by atoms with E-state index in [1.54, 1.807) is 0 Å². The second kappa shape index (κ2) is 3.34. The van der Waals surface area contributed by atoms with Crippen molar-refractivity contribution in [1.29, 1.82) is 0 Å². The van der Waals surface area contributed by atoms with Crippen molar-refractivity contribution in [2.75, 3.05) is 0 Å². The van der Waals surface area contributed by atoms with Gasteiger partial charge >= 0.3 is 0 Å². The van der Waals surface area contributed by atoms with E-state index in [4.69, 9.17) is 0 Å². The molecule has 0 atom stereocenters. The van der Waals surface area contributed by atoms with Crippen LogP contribution in [0.4, 0.5) is 0 Å². The third-order valence-electron chi connectivity index (χ3n) is 3.34. The fourth-order valence-corrected chi connectivity index (χ4v) is 2.61. The lowest BCUT2D eigenvalue weighted by Gasteiger charge is -2.02. The van der Waals surface area contributed by atoms with E-state index in [1.165, 1.54) is 33.0 Å². The van der Waals surface area contributed by atoms with Gasteiger partial charge in [-0.15, -0.1) is 0 Å². The average Bonchev–Trinajstić information content (AvgIpc) is 2.58. The Kier molecular flexibility index (Phi) is 1.97. The van der Waals surface area contributed by atoms with Gasteiger partial charge in [0.05, 0.1) is 0 Å². The molecule has 3 rings (SSSR count). The summed E-state index contributed by atoms with van der Waals surface area (Å²) in [6, 6.07) is 13.1. The Labute approximate surface area is 95.9 Å². The Morgan fingerprint density at radius 2 is 1.62 bits per heavy atom. The van der Waals surface area contributed by atoms with E-state index in [9.17, 15) is 0 Å². The second-order valence-electron chi connectivity index (χ2n) is 4.25. The van der Waals surface area contributed by atoms with Crippen molar-refractivity contribution in [2.45, 2.75) is 13.8 Å². The molecule has 0 saturated carbocycles. The molecule has 0 nitrogen and oxygen atoms in total. The van der Waals surface area contributed by atoms with Crippen molar-refractivity contribution >= 4 is 21.9 Å². The zero-order valence-electron chi connectivity index (χ0n) is 9.62. The van der Waals surface area contributed by atoms with E-state index >= 15 is 0 Å². The summed E-state index contributed by atoms with van der Waals surface area (Å²) in [6.07, 6.45) is 4.33. The largest absolute Gasteiger partial charge is 0.0870 e. The Morgan fingerprint density at radius 1 is 0.938 bits per heavy atom. The standard InChI is InChI=1S/C16H14/c1-3-6-13-11(2)14-9-4-7-12-8-5-10-15(13)16(12)14/h3-10H,1-2H3/b6-3-. The molecule has 0 heteroatoms. The minimum atomic E-state index is 1.34. The van der Waals surface area contributed by atoms with E-state index in [2.05, 4.69) is 62.4 Å². The third kappa shape index (κ3) is 1.10. The minimum Gasteiger partial charge on any atom is -0.0870 e. The summed E-state index contributed by atoms with van der Waals surface area (Å²) in [5, 5.41) is 2.75. The molecule has 0 spiro atoms. The third-order valence-corrected chi connectivity index (χ3v) is 3.34. The lowest BCUT2D eigenvalue weighted by atomic mass is 10.0. The predicted octanol–water partition coefficient (Wildman–Crippen LogP) is 4.66. The molecule has 78 valence electrons. The molecule has 16 heavy (non-hydrogen) atoms. The molecule has 0 saturated heterocycles. The summed E-state index contributed by atoms with van der Waals surface area (Å²) in [7, 11) is 0. The SMILES string of the molecule is C/C=C\C1=C(C)c2cccc3cccc1c23. The van der Waals surface area contributed by atoms with Crippen LogP contribution in [0, 0.1) is 0 Å². The maximum atomic E-state index is 2.22. The van der Waals surface area contributed by atoms with Gasteiger partial charge < -0.3 is 0 Å². The van der Waals surface area contributed by atoms with Gasteiger partial charge in [-0.25, -0.2) is 0 Å². The summed E-state index contributed by atoms with van der Waals surface area (Å²) in [5.74, 6) is 0. The second-order valence-corrected chi connectivity index (χ2v) is 4.25. The van der Waals surface area contributed by atoms with Gasteiger partial charge in [0.25, 0.3) is 0 Å². The highest BCUT2D eigenvalue weighted by molar-refractivity contribution is 6.15. The molecule has 0 unspecified atom stereocenters. The summed E-state index contributed by atoms with van der Waals surface area (Å²) >= 11 is 0. The molecule has 0 N–H and O–H groups in total. The van der Waals surface area contributed by atoms with E-state index in [0.29, 0.717) is 0 Å². The first-order valence-corrected chi connectivity index (χ1v) is 5.69. The molecule has 2 aromatic rings. The van der Waals surface area contributed by atoms with E-state index in [-0.39, 0.29) is 0 Å². The van der Waals surface area contributed by atoms with Crippen molar-refractivity contribution in [1.82, 2.24) is 0 Å². The van der Waals surface area contributed by atoms with Crippen molar-refractivity contribution in [2.24, 2.45) is 0 Å². The molecule has 0 radical (unpaired) electrons. The van der Waals surface area contributed by atoms with Crippen molar-refractivity contribution in [3.05, 3.63) is 59.7 Å². The highest BCUT2D eigenvalue weighted by atomic mass is 14.2. The van der Waals surface area contributed by atoms with Crippen LogP contribution in [0.25, 0.3) is 21.9 Å². The molecule has 1 aliphatic rings. The number of hydrogen-bond acceptors (Lipinski definition) is 0. The Morgan fingerprint density at radius 3 is 2.31 bits per heavy atom. The van der Waals surface area contributed by atoms with Crippen LogP contribution in [0.3, 0.4) is 0 Å². The van der Waals surface area contributed by atoms with Gasteiger partial charge in [0, 0.05) is 0 Å². The topological polar surface area (TPSA) is 0 Å². The van der Waals surface area contributed by atoms with Crippen LogP contribution in [0.2, 0.25) is 0 Å². The van der Waals surface area contributed by atoms with Crippen molar-refractivity contribution < 1.29 is 0 Å². The van der Waals surface area contributed by atoms with Crippen LogP contribution in [0.15, 0.2) is 48.6 Å². The monoisotopic (exact) mass is 206 g/mol. The summed E-state index contributed by atoms with van der Waals surface area (Å²) in [4.78, 5) is 0.